The molecule has 4 rings (SSSR count). The maximum absolute atomic E-state index is 14.0. The maximum atomic E-state index is 14.0. The van der Waals surface area contributed by atoms with Crippen molar-refractivity contribution in [3.8, 4) is 23.0 Å². The summed E-state index contributed by atoms with van der Waals surface area (Å²) in [5.41, 5.74) is 3.57. The Hall–Kier alpha value is -4.70. The minimum Gasteiger partial charge on any atom is -0.497 e. The van der Waals surface area contributed by atoms with Gasteiger partial charge in [0.05, 0.1) is 51.1 Å². The van der Waals surface area contributed by atoms with Gasteiger partial charge in [-0.05, 0) is 122 Å². The molecule has 0 unspecified atom stereocenters. The lowest BCUT2D eigenvalue weighted by molar-refractivity contribution is 0.105. The van der Waals surface area contributed by atoms with E-state index in [0.717, 1.165) is 45.3 Å². The number of allylic oxidation sites excluding steroid dienone is 2. The molecule has 0 amide bonds. The number of hydrogen-bond donors (Lipinski definition) is 0. The number of nitrogens with zero attached hydrogens (tertiary/aromatic N) is 2. The third kappa shape index (κ3) is 16.9. The van der Waals surface area contributed by atoms with E-state index in [0.29, 0.717) is 25.7 Å². The first kappa shape index (κ1) is 55.6. The van der Waals surface area contributed by atoms with E-state index in [9.17, 15) is 16.8 Å². The molecule has 0 saturated carbocycles. The highest BCUT2D eigenvalue weighted by molar-refractivity contribution is 7.90. The van der Waals surface area contributed by atoms with Crippen LogP contribution in [0, 0.1) is 11.8 Å². The molecule has 6 atom stereocenters. The highest BCUT2D eigenvalue weighted by Crippen LogP contribution is 2.31. The van der Waals surface area contributed by atoms with Crippen LogP contribution in [-0.2, 0) is 55.7 Å². The quantitative estimate of drug-likeness (QED) is 0.0507. The maximum Gasteiger partial charge on any atom is 0.217 e. The standard InChI is InChI=1S/2C26H37NO5S/c2*1-7-8-20(2)26(17-21(3)30-4)33(28,29)27(18-22-9-13-24(31-5)14-10-22)19-23-11-15-25(32-6)16-12-23/h2*7,9-16,20-21,26H,1,8,17-19H2,2-6H3/t20-,21+,26+;20-,21+,26-/m00/s1. The Balaban J connectivity index is 0.000000350. The molecule has 0 fully saturated rings. The van der Waals surface area contributed by atoms with E-state index in [1.165, 1.54) is 0 Å². The average molecular weight is 951 g/mol. The van der Waals surface area contributed by atoms with E-state index in [2.05, 4.69) is 13.2 Å². The van der Waals surface area contributed by atoms with Gasteiger partial charge in [-0.15, -0.1) is 13.2 Å². The van der Waals surface area contributed by atoms with Crippen molar-refractivity contribution in [3.63, 3.8) is 0 Å². The van der Waals surface area contributed by atoms with Gasteiger partial charge in [0.25, 0.3) is 0 Å². The van der Waals surface area contributed by atoms with E-state index >= 15 is 0 Å². The number of methoxy groups -OCH3 is 6. The lowest BCUT2D eigenvalue weighted by Gasteiger charge is -2.32. The number of sulfonamides is 2. The second-order valence-electron chi connectivity index (χ2n) is 16.7. The van der Waals surface area contributed by atoms with Crippen LogP contribution in [0.5, 0.6) is 23.0 Å². The number of rotatable bonds is 28. The zero-order valence-corrected chi connectivity index (χ0v) is 42.4. The number of benzene rings is 4. The molecular weight excluding hydrogens is 877 g/mol. The molecule has 0 saturated heterocycles. The first-order valence-corrected chi connectivity index (χ1v) is 25.3. The molecule has 0 aliphatic carbocycles. The molecule has 0 bridgehead atoms. The van der Waals surface area contributed by atoms with Crippen LogP contribution in [0.3, 0.4) is 0 Å². The van der Waals surface area contributed by atoms with Crippen molar-refractivity contribution >= 4 is 20.0 Å². The van der Waals surface area contributed by atoms with E-state index in [-0.39, 0.29) is 50.2 Å². The van der Waals surface area contributed by atoms with Gasteiger partial charge in [0, 0.05) is 40.4 Å². The van der Waals surface area contributed by atoms with E-state index in [1.54, 1.807) is 63.4 Å². The average Bonchev–Trinajstić information content (AvgIpc) is 3.32. The van der Waals surface area contributed by atoms with Crippen molar-refractivity contribution in [3.05, 3.63) is 145 Å². The van der Waals surface area contributed by atoms with Gasteiger partial charge in [-0.25, -0.2) is 16.8 Å². The van der Waals surface area contributed by atoms with Gasteiger partial charge in [-0.3, -0.25) is 0 Å². The summed E-state index contributed by atoms with van der Waals surface area (Å²) in [4.78, 5) is 0. The highest BCUT2D eigenvalue weighted by atomic mass is 32.2. The fourth-order valence-electron chi connectivity index (χ4n) is 7.56. The summed E-state index contributed by atoms with van der Waals surface area (Å²) in [5.74, 6) is 2.73. The Morgan fingerprint density at radius 2 is 0.667 bits per heavy atom. The minimum absolute atomic E-state index is 0.0978. The molecular formula is C52H74N2O10S2. The summed E-state index contributed by atoms with van der Waals surface area (Å²) in [6.07, 6.45) is 5.25. The van der Waals surface area contributed by atoms with Crippen LogP contribution in [0.1, 0.15) is 75.6 Å². The van der Waals surface area contributed by atoms with Gasteiger partial charge >= 0.3 is 0 Å². The highest BCUT2D eigenvalue weighted by Gasteiger charge is 2.38. The Labute approximate surface area is 396 Å². The lowest BCUT2D eigenvalue weighted by atomic mass is 9.99. The number of hydrogen-bond acceptors (Lipinski definition) is 10. The minimum atomic E-state index is -3.67. The largest absolute Gasteiger partial charge is 0.497 e. The Kier molecular flexibility index (Phi) is 23.4. The normalized spacial score (nSPS) is 14.5. The molecule has 4 aromatic carbocycles. The molecule has 0 aliphatic rings. The third-order valence-electron chi connectivity index (χ3n) is 11.8. The topological polar surface area (TPSA) is 130 Å². The third-order valence-corrected chi connectivity index (χ3v) is 16.6. The molecule has 4 aromatic rings. The zero-order chi connectivity index (χ0) is 48.9. The molecule has 14 heteroatoms. The molecule has 364 valence electrons. The van der Waals surface area contributed by atoms with Crippen molar-refractivity contribution in [1.29, 1.82) is 0 Å². The van der Waals surface area contributed by atoms with Crippen LogP contribution >= 0.6 is 0 Å². The summed E-state index contributed by atoms with van der Waals surface area (Å²) in [5, 5.41) is -1.19. The summed E-state index contributed by atoms with van der Waals surface area (Å²) >= 11 is 0. The van der Waals surface area contributed by atoms with E-state index in [4.69, 9.17) is 28.4 Å². The fraction of sp³-hybridized carbons (Fsp3) is 0.462. The van der Waals surface area contributed by atoms with Crippen molar-refractivity contribution in [2.75, 3.05) is 42.7 Å². The van der Waals surface area contributed by atoms with Gasteiger partial charge in [-0.1, -0.05) is 74.5 Å². The van der Waals surface area contributed by atoms with Gasteiger partial charge in [-0.2, -0.15) is 8.61 Å². The molecule has 66 heavy (non-hydrogen) atoms. The van der Waals surface area contributed by atoms with Gasteiger partial charge < -0.3 is 28.4 Å². The smallest absolute Gasteiger partial charge is 0.217 e. The summed E-state index contributed by atoms with van der Waals surface area (Å²) < 4.78 is 91.2. The Morgan fingerprint density at radius 3 is 0.848 bits per heavy atom. The molecule has 0 aromatic heterocycles. The van der Waals surface area contributed by atoms with E-state index < -0.39 is 30.5 Å². The van der Waals surface area contributed by atoms with Crippen molar-refractivity contribution in [1.82, 2.24) is 8.61 Å². The van der Waals surface area contributed by atoms with Gasteiger partial charge in [0.2, 0.25) is 20.0 Å². The van der Waals surface area contributed by atoms with Crippen LogP contribution in [0.25, 0.3) is 0 Å². The zero-order valence-electron chi connectivity index (χ0n) is 40.7. The van der Waals surface area contributed by atoms with Gasteiger partial charge in [0.15, 0.2) is 0 Å². The first-order valence-electron chi connectivity index (χ1n) is 22.3. The molecule has 0 radical (unpaired) electrons. The van der Waals surface area contributed by atoms with Crippen LogP contribution in [0.15, 0.2) is 122 Å². The van der Waals surface area contributed by atoms with Crippen molar-refractivity contribution in [2.45, 2.75) is 102 Å². The van der Waals surface area contributed by atoms with Crippen molar-refractivity contribution in [2.24, 2.45) is 11.8 Å². The fourth-order valence-corrected chi connectivity index (χ4v) is 12.1. The SMILES string of the molecule is C=CC[C@H](C)[C@@H](C[C@@H](C)OC)S(=O)(=O)N(Cc1ccc(OC)cc1)Cc1ccc(OC)cc1.C=CC[C@H](C)[C@H](C[C@@H](C)OC)S(=O)(=O)N(Cc1ccc(OC)cc1)Cc1ccc(OC)cc1. The predicted octanol–water partition coefficient (Wildman–Crippen LogP) is 10.1. The Morgan fingerprint density at radius 1 is 0.439 bits per heavy atom. The van der Waals surface area contributed by atoms with Crippen molar-refractivity contribution < 1.29 is 45.3 Å². The second kappa shape index (κ2) is 27.8. The molecule has 0 aliphatic heterocycles. The monoisotopic (exact) mass is 950 g/mol. The molecule has 0 heterocycles. The summed E-state index contributed by atoms with van der Waals surface area (Å²) in [6, 6.07) is 29.9. The van der Waals surface area contributed by atoms with E-state index in [1.807, 2.05) is 125 Å². The van der Waals surface area contributed by atoms with Crippen LogP contribution in [0.4, 0.5) is 0 Å². The van der Waals surface area contributed by atoms with Crippen LogP contribution < -0.4 is 18.9 Å². The Bertz CT molecular complexity index is 1980. The molecule has 12 nitrogen and oxygen atoms in total. The molecule has 0 N–H and O–H groups in total. The summed E-state index contributed by atoms with van der Waals surface area (Å²) in [6.45, 7) is 16.4. The van der Waals surface area contributed by atoms with Gasteiger partial charge in [0.1, 0.15) is 23.0 Å². The number of ether oxygens (including phenoxy) is 6. The van der Waals surface area contributed by atoms with Crippen LogP contribution in [0.2, 0.25) is 0 Å². The second-order valence-corrected chi connectivity index (χ2v) is 21.0. The summed E-state index contributed by atoms with van der Waals surface area (Å²) in [7, 11) is 2.31. The lowest BCUT2D eigenvalue weighted by Crippen LogP contribution is -2.42. The molecule has 0 spiro atoms. The first-order chi connectivity index (χ1) is 31.5. The van der Waals surface area contributed by atoms with Crippen LogP contribution in [-0.4, -0.2) is 90.8 Å². The predicted molar refractivity (Wildman–Crippen MR) is 266 cm³/mol.